The Balaban J connectivity index is 2.28. The smallest absolute Gasteiger partial charge is 0.134 e. The normalized spacial score (nSPS) is 18.3. The fraction of sp³-hybridized carbons (Fsp3) is 0.417. The molecule has 1 aliphatic heterocycles. The van der Waals surface area contributed by atoms with E-state index in [1.165, 1.54) is 0 Å². The average molecular weight is 410 g/mol. The highest BCUT2D eigenvalue weighted by Gasteiger charge is 2.44. The first-order valence-electron chi connectivity index (χ1n) is 10.2. The first kappa shape index (κ1) is 23.4. The third-order valence-electron chi connectivity index (χ3n) is 6.34. The Morgan fingerprint density at radius 3 is 2.60 bits per heavy atom. The summed E-state index contributed by atoms with van der Waals surface area (Å²) in [5.41, 5.74) is 9.95. The Labute approximate surface area is 180 Å². The molecule has 0 amide bonds. The van der Waals surface area contributed by atoms with E-state index >= 15 is 0 Å². The SMILES string of the molecule is C=C1C(C)=CN(C(C)(C)C(C)(C)CN(N)/C=C(\N)C2=CC=CCC=C2)C(C)=C1N=O. The molecule has 4 N–H and O–H groups in total. The Morgan fingerprint density at radius 2 is 1.97 bits per heavy atom. The maximum absolute atomic E-state index is 11.4. The van der Waals surface area contributed by atoms with Crippen LogP contribution in [0.5, 0.6) is 0 Å². The first-order valence-corrected chi connectivity index (χ1v) is 10.2. The molecule has 6 heteroatoms. The quantitative estimate of drug-likeness (QED) is 0.352. The van der Waals surface area contributed by atoms with Gasteiger partial charge in [0.2, 0.25) is 0 Å². The minimum atomic E-state index is -0.376. The Hall–Kier alpha value is -2.86. The highest BCUT2D eigenvalue weighted by atomic mass is 16.3. The van der Waals surface area contributed by atoms with E-state index in [4.69, 9.17) is 11.6 Å². The summed E-state index contributed by atoms with van der Waals surface area (Å²) in [5, 5.41) is 4.87. The van der Waals surface area contributed by atoms with Crippen LogP contribution >= 0.6 is 0 Å². The molecule has 0 aromatic rings. The molecule has 2 aliphatic rings. The lowest BCUT2D eigenvalue weighted by molar-refractivity contribution is 0.0451. The van der Waals surface area contributed by atoms with Crippen LogP contribution in [0.25, 0.3) is 0 Å². The minimum Gasteiger partial charge on any atom is -0.397 e. The van der Waals surface area contributed by atoms with E-state index < -0.39 is 0 Å². The molecular formula is C24H35N5O. The van der Waals surface area contributed by atoms with Crippen LogP contribution in [-0.2, 0) is 0 Å². The molecule has 0 saturated carbocycles. The van der Waals surface area contributed by atoms with Crippen molar-refractivity contribution in [3.05, 3.63) is 88.1 Å². The monoisotopic (exact) mass is 409 g/mol. The van der Waals surface area contributed by atoms with Gasteiger partial charge in [0.25, 0.3) is 0 Å². The van der Waals surface area contributed by atoms with E-state index in [0.717, 1.165) is 23.3 Å². The van der Waals surface area contributed by atoms with Crippen molar-refractivity contribution in [1.82, 2.24) is 9.91 Å². The summed E-state index contributed by atoms with van der Waals surface area (Å²) < 4.78 is 0. The van der Waals surface area contributed by atoms with Gasteiger partial charge in [0, 0.05) is 41.2 Å². The lowest BCUT2D eigenvalue weighted by Gasteiger charge is -2.51. The van der Waals surface area contributed by atoms with Gasteiger partial charge in [-0.3, -0.25) is 0 Å². The fourth-order valence-electron chi connectivity index (χ4n) is 3.64. The second-order valence-corrected chi connectivity index (χ2v) is 9.07. The van der Waals surface area contributed by atoms with Gasteiger partial charge in [0.05, 0.1) is 5.70 Å². The molecule has 1 aliphatic carbocycles. The van der Waals surface area contributed by atoms with Gasteiger partial charge in [-0.25, -0.2) is 5.84 Å². The molecule has 0 aromatic heterocycles. The summed E-state index contributed by atoms with van der Waals surface area (Å²) in [6.07, 6.45) is 14.8. The van der Waals surface area contributed by atoms with Gasteiger partial charge >= 0.3 is 0 Å². The molecule has 0 unspecified atom stereocenters. The average Bonchev–Trinajstić information content (AvgIpc) is 2.94. The van der Waals surface area contributed by atoms with Crippen molar-refractivity contribution in [3.63, 3.8) is 0 Å². The van der Waals surface area contributed by atoms with Crippen LogP contribution in [0.15, 0.2) is 88.3 Å². The van der Waals surface area contributed by atoms with E-state index in [9.17, 15) is 4.91 Å². The van der Waals surface area contributed by atoms with Crippen molar-refractivity contribution < 1.29 is 0 Å². The summed E-state index contributed by atoms with van der Waals surface area (Å²) in [6.45, 7) is 17.0. The fourth-order valence-corrected chi connectivity index (χ4v) is 3.64. The third-order valence-corrected chi connectivity index (χ3v) is 6.34. The second-order valence-electron chi connectivity index (χ2n) is 9.07. The molecule has 0 fully saturated rings. The van der Waals surface area contributed by atoms with E-state index in [0.29, 0.717) is 23.5 Å². The van der Waals surface area contributed by atoms with Gasteiger partial charge in [-0.15, -0.1) is 4.91 Å². The van der Waals surface area contributed by atoms with E-state index in [2.05, 4.69) is 56.5 Å². The van der Waals surface area contributed by atoms with Crippen LogP contribution in [0, 0.1) is 10.3 Å². The number of hydrogen-bond donors (Lipinski definition) is 2. The van der Waals surface area contributed by atoms with Crippen LogP contribution in [-0.4, -0.2) is 22.0 Å². The number of nitroso groups, excluding NO2 is 1. The number of nitrogens with two attached hydrogens (primary N) is 2. The largest absolute Gasteiger partial charge is 0.397 e. The zero-order chi connectivity index (χ0) is 22.7. The maximum atomic E-state index is 11.4. The van der Waals surface area contributed by atoms with Gasteiger partial charge in [-0.2, -0.15) is 0 Å². The number of rotatable bonds is 7. The zero-order valence-electron chi connectivity index (χ0n) is 19.1. The molecule has 0 radical (unpaired) electrons. The Bertz CT molecular complexity index is 897. The maximum Gasteiger partial charge on any atom is 0.134 e. The number of hydrazine groups is 1. The lowest BCUT2D eigenvalue weighted by atomic mass is 9.72. The van der Waals surface area contributed by atoms with Crippen LogP contribution in [0.1, 0.15) is 48.0 Å². The van der Waals surface area contributed by atoms with Crippen molar-refractivity contribution in [1.29, 1.82) is 0 Å². The molecule has 2 rings (SSSR count). The predicted octanol–water partition coefficient (Wildman–Crippen LogP) is 4.98. The van der Waals surface area contributed by atoms with Crippen molar-refractivity contribution in [2.24, 2.45) is 22.2 Å². The van der Waals surface area contributed by atoms with Gasteiger partial charge in [0.1, 0.15) is 5.70 Å². The van der Waals surface area contributed by atoms with Crippen LogP contribution in [0.3, 0.4) is 0 Å². The van der Waals surface area contributed by atoms with Crippen LogP contribution in [0.2, 0.25) is 0 Å². The van der Waals surface area contributed by atoms with Crippen molar-refractivity contribution in [2.45, 2.75) is 53.5 Å². The molecule has 1 heterocycles. The van der Waals surface area contributed by atoms with Gasteiger partial charge in [-0.1, -0.05) is 50.8 Å². The molecule has 0 saturated heterocycles. The lowest BCUT2D eigenvalue weighted by Crippen LogP contribution is -2.56. The summed E-state index contributed by atoms with van der Waals surface area (Å²) in [6, 6.07) is 0. The van der Waals surface area contributed by atoms with Crippen molar-refractivity contribution >= 4 is 0 Å². The predicted molar refractivity (Wildman–Crippen MR) is 125 cm³/mol. The Morgan fingerprint density at radius 1 is 1.30 bits per heavy atom. The highest BCUT2D eigenvalue weighted by Crippen LogP contribution is 2.42. The molecule has 0 spiro atoms. The number of nitrogens with zero attached hydrogens (tertiary/aromatic N) is 3. The third kappa shape index (κ3) is 4.65. The van der Waals surface area contributed by atoms with Crippen molar-refractivity contribution in [2.75, 3.05) is 6.54 Å². The Kier molecular flexibility index (Phi) is 6.93. The minimum absolute atomic E-state index is 0.281. The zero-order valence-corrected chi connectivity index (χ0v) is 19.1. The summed E-state index contributed by atoms with van der Waals surface area (Å²) >= 11 is 0. The molecule has 162 valence electrons. The molecule has 0 atom stereocenters. The molecule has 0 aromatic carbocycles. The highest BCUT2D eigenvalue weighted by molar-refractivity contribution is 5.49. The van der Waals surface area contributed by atoms with E-state index in [1.54, 1.807) is 11.2 Å². The standard InChI is InChI=1S/C24H35N5O/c1-17-14-29(19(3)22(27-30)18(17)2)24(6,7)23(4,5)16-28(26)15-21(25)20-12-10-8-9-11-13-20/h8,10-15H,2,9,16,25-26H2,1,3-7H3/b21-15-. The summed E-state index contributed by atoms with van der Waals surface area (Å²) in [7, 11) is 0. The summed E-state index contributed by atoms with van der Waals surface area (Å²) in [5.74, 6) is 6.35. The second kappa shape index (κ2) is 8.88. The van der Waals surface area contributed by atoms with Gasteiger partial charge < -0.3 is 15.6 Å². The summed E-state index contributed by atoms with van der Waals surface area (Å²) in [4.78, 5) is 13.5. The topological polar surface area (TPSA) is 87.9 Å². The van der Waals surface area contributed by atoms with Crippen LogP contribution < -0.4 is 11.6 Å². The van der Waals surface area contributed by atoms with Crippen molar-refractivity contribution in [3.8, 4) is 0 Å². The number of allylic oxidation sites excluding steroid dienone is 7. The molecular weight excluding hydrogens is 374 g/mol. The van der Waals surface area contributed by atoms with E-state index in [1.807, 2.05) is 38.3 Å². The first-order chi connectivity index (χ1) is 13.9. The molecule has 6 nitrogen and oxygen atoms in total. The molecule has 30 heavy (non-hydrogen) atoms. The molecule has 0 bridgehead atoms. The van der Waals surface area contributed by atoms with Gasteiger partial charge in [0.15, 0.2) is 0 Å². The van der Waals surface area contributed by atoms with E-state index in [-0.39, 0.29) is 11.0 Å². The van der Waals surface area contributed by atoms with Gasteiger partial charge in [-0.05, 0) is 50.4 Å². The van der Waals surface area contributed by atoms with Crippen LogP contribution in [0.4, 0.5) is 0 Å². The number of hydrogen-bond acceptors (Lipinski definition) is 6.